The Kier molecular flexibility index (Phi) is 5.02. The van der Waals surface area contributed by atoms with Gasteiger partial charge in [0.15, 0.2) is 0 Å². The number of fused-ring (bicyclic) bond motifs is 1. The van der Waals surface area contributed by atoms with Crippen molar-refractivity contribution in [2.24, 2.45) is 0 Å². The number of H-pyrrole nitrogens is 1. The van der Waals surface area contributed by atoms with Crippen molar-refractivity contribution < 1.29 is 19.4 Å². The molecule has 7 nitrogen and oxygen atoms in total. The number of hydrogen-bond donors (Lipinski definition) is 2. The highest BCUT2D eigenvalue weighted by Crippen LogP contribution is 2.22. The van der Waals surface area contributed by atoms with Crippen molar-refractivity contribution >= 4 is 11.9 Å². The van der Waals surface area contributed by atoms with Crippen LogP contribution in [0.5, 0.6) is 5.75 Å². The monoisotopic (exact) mass is 343 g/mol. The number of hydrogen-bond acceptors (Lipinski definition) is 4. The molecule has 2 heterocycles. The molecule has 1 atom stereocenters. The number of amides is 1. The summed E-state index contributed by atoms with van der Waals surface area (Å²) in [6, 6.07) is 6.89. The molecule has 1 aliphatic heterocycles. The van der Waals surface area contributed by atoms with E-state index in [1.807, 2.05) is 24.3 Å². The van der Waals surface area contributed by atoms with Gasteiger partial charge in [0.2, 0.25) is 5.91 Å². The SMILES string of the molecule is COc1ccc(CCCC(=O)N2Cc3[nH]cnc3C[C@@H]2C(=O)O)cc1. The van der Waals surface area contributed by atoms with E-state index < -0.39 is 12.0 Å². The zero-order chi connectivity index (χ0) is 17.8. The average Bonchev–Trinajstić information content (AvgIpc) is 3.08. The summed E-state index contributed by atoms with van der Waals surface area (Å²) >= 11 is 0. The lowest BCUT2D eigenvalue weighted by molar-refractivity contribution is -0.151. The molecule has 1 aromatic carbocycles. The van der Waals surface area contributed by atoms with Gasteiger partial charge < -0.3 is 19.7 Å². The summed E-state index contributed by atoms with van der Waals surface area (Å²) in [5.74, 6) is -0.328. The summed E-state index contributed by atoms with van der Waals surface area (Å²) in [5, 5.41) is 9.43. The predicted octanol–water partition coefficient (Wildman–Crippen LogP) is 1.78. The van der Waals surface area contributed by atoms with E-state index in [4.69, 9.17) is 4.74 Å². The molecule has 0 spiro atoms. The van der Waals surface area contributed by atoms with Crippen LogP contribution in [0.15, 0.2) is 30.6 Å². The number of carboxylic acid groups (broad SMARTS) is 1. The van der Waals surface area contributed by atoms with Gasteiger partial charge in [0.05, 0.1) is 31.4 Å². The Morgan fingerprint density at radius 2 is 2.12 bits per heavy atom. The molecule has 0 fully saturated rings. The third-order valence-electron chi connectivity index (χ3n) is 4.52. The summed E-state index contributed by atoms with van der Waals surface area (Å²) < 4.78 is 5.12. The van der Waals surface area contributed by atoms with Crippen molar-refractivity contribution in [1.82, 2.24) is 14.9 Å². The molecule has 7 heteroatoms. The molecule has 0 aliphatic carbocycles. The van der Waals surface area contributed by atoms with Crippen LogP contribution in [0.4, 0.5) is 0 Å². The maximum atomic E-state index is 12.5. The largest absolute Gasteiger partial charge is 0.497 e. The standard InChI is InChI=1S/C18H21N3O4/c1-25-13-7-5-12(6-8-13)3-2-4-17(22)21-10-15-14(19-11-20-15)9-16(21)18(23)24/h5-8,11,16H,2-4,9-10H2,1H3,(H,19,20)(H,23,24)/t16-/m1/s1. The topological polar surface area (TPSA) is 95.5 Å². The number of nitrogens with zero attached hydrogens (tertiary/aromatic N) is 2. The molecule has 25 heavy (non-hydrogen) atoms. The van der Waals surface area contributed by atoms with Crippen LogP contribution in [0.25, 0.3) is 0 Å². The number of carbonyl (C=O) groups excluding carboxylic acids is 1. The van der Waals surface area contributed by atoms with Crippen LogP contribution in [0.1, 0.15) is 29.8 Å². The second-order valence-corrected chi connectivity index (χ2v) is 6.11. The van der Waals surface area contributed by atoms with E-state index in [9.17, 15) is 14.7 Å². The molecule has 1 amide bonds. The molecule has 0 saturated heterocycles. The van der Waals surface area contributed by atoms with Crippen molar-refractivity contribution in [1.29, 1.82) is 0 Å². The Labute approximate surface area is 145 Å². The van der Waals surface area contributed by atoms with Crippen molar-refractivity contribution in [2.45, 2.75) is 38.3 Å². The van der Waals surface area contributed by atoms with Crippen LogP contribution in [-0.4, -0.2) is 45.0 Å². The molecule has 2 N–H and O–H groups in total. The first kappa shape index (κ1) is 17.0. The first-order valence-corrected chi connectivity index (χ1v) is 8.25. The first-order chi connectivity index (χ1) is 12.1. The van der Waals surface area contributed by atoms with Gasteiger partial charge in [-0.2, -0.15) is 0 Å². The van der Waals surface area contributed by atoms with Gasteiger partial charge in [0, 0.05) is 12.8 Å². The van der Waals surface area contributed by atoms with E-state index >= 15 is 0 Å². The fourth-order valence-electron chi connectivity index (χ4n) is 3.10. The smallest absolute Gasteiger partial charge is 0.326 e. The number of aromatic amines is 1. The summed E-state index contributed by atoms with van der Waals surface area (Å²) in [6.45, 7) is 0.271. The van der Waals surface area contributed by atoms with Gasteiger partial charge in [-0.3, -0.25) is 4.79 Å². The quantitative estimate of drug-likeness (QED) is 0.833. The van der Waals surface area contributed by atoms with Gasteiger partial charge >= 0.3 is 5.97 Å². The van der Waals surface area contributed by atoms with Crippen molar-refractivity contribution in [2.75, 3.05) is 7.11 Å². The summed E-state index contributed by atoms with van der Waals surface area (Å²) in [6.07, 6.45) is 3.54. The molecule has 0 radical (unpaired) electrons. The number of aromatic nitrogens is 2. The molecular formula is C18H21N3O4. The number of imidazole rings is 1. The van der Waals surface area contributed by atoms with Gasteiger partial charge in [-0.15, -0.1) is 0 Å². The Morgan fingerprint density at radius 1 is 1.36 bits per heavy atom. The minimum atomic E-state index is -0.989. The van der Waals surface area contributed by atoms with Gasteiger partial charge in [0.1, 0.15) is 11.8 Å². The number of ether oxygens (including phenoxy) is 1. The number of nitrogens with one attached hydrogen (secondary N) is 1. The molecule has 2 aromatic rings. The average molecular weight is 343 g/mol. The molecule has 0 bridgehead atoms. The van der Waals surface area contributed by atoms with Crippen LogP contribution in [0.3, 0.4) is 0 Å². The van der Waals surface area contributed by atoms with Crippen LogP contribution < -0.4 is 4.74 Å². The second-order valence-electron chi connectivity index (χ2n) is 6.11. The maximum absolute atomic E-state index is 12.5. The lowest BCUT2D eigenvalue weighted by atomic mass is 10.0. The first-order valence-electron chi connectivity index (χ1n) is 8.25. The fraction of sp³-hybridized carbons (Fsp3) is 0.389. The van der Waals surface area contributed by atoms with Gasteiger partial charge in [-0.1, -0.05) is 12.1 Å². The third-order valence-corrected chi connectivity index (χ3v) is 4.52. The van der Waals surface area contributed by atoms with Crippen molar-refractivity contribution in [3.63, 3.8) is 0 Å². The van der Waals surface area contributed by atoms with E-state index in [1.165, 1.54) is 4.90 Å². The number of benzene rings is 1. The highest BCUT2D eigenvalue weighted by molar-refractivity contribution is 5.84. The number of rotatable bonds is 6. The zero-order valence-corrected chi connectivity index (χ0v) is 14.1. The summed E-state index contributed by atoms with van der Waals surface area (Å²) in [4.78, 5) is 32.6. The van der Waals surface area contributed by atoms with E-state index in [0.29, 0.717) is 12.8 Å². The van der Waals surface area contributed by atoms with E-state index in [-0.39, 0.29) is 18.9 Å². The normalized spacial score (nSPS) is 16.4. The highest BCUT2D eigenvalue weighted by atomic mass is 16.5. The van der Waals surface area contributed by atoms with Crippen molar-refractivity contribution in [3.8, 4) is 5.75 Å². The highest BCUT2D eigenvalue weighted by Gasteiger charge is 2.35. The summed E-state index contributed by atoms with van der Waals surface area (Å²) in [7, 11) is 1.62. The van der Waals surface area contributed by atoms with Crippen LogP contribution in [0, 0.1) is 0 Å². The Balaban J connectivity index is 1.58. The Bertz CT molecular complexity index is 754. The molecule has 1 aliphatic rings. The second kappa shape index (κ2) is 7.38. The lowest BCUT2D eigenvalue weighted by Gasteiger charge is -2.32. The zero-order valence-electron chi connectivity index (χ0n) is 14.1. The van der Waals surface area contributed by atoms with Crippen LogP contribution in [0.2, 0.25) is 0 Å². The van der Waals surface area contributed by atoms with Gasteiger partial charge in [0.25, 0.3) is 0 Å². The lowest BCUT2D eigenvalue weighted by Crippen LogP contribution is -2.48. The van der Waals surface area contributed by atoms with Crippen molar-refractivity contribution in [3.05, 3.63) is 47.5 Å². The number of methoxy groups -OCH3 is 1. The number of carboxylic acids is 1. The summed E-state index contributed by atoms with van der Waals surface area (Å²) in [5.41, 5.74) is 2.67. The molecule has 3 rings (SSSR count). The minimum absolute atomic E-state index is 0.138. The Hall–Kier alpha value is -2.83. The van der Waals surface area contributed by atoms with E-state index in [0.717, 1.165) is 29.1 Å². The third kappa shape index (κ3) is 3.81. The molecular weight excluding hydrogens is 322 g/mol. The molecule has 1 aromatic heterocycles. The van der Waals surface area contributed by atoms with Gasteiger partial charge in [-0.05, 0) is 30.5 Å². The van der Waals surface area contributed by atoms with Gasteiger partial charge in [-0.25, -0.2) is 9.78 Å². The fourth-order valence-corrected chi connectivity index (χ4v) is 3.10. The van der Waals surface area contributed by atoms with E-state index in [2.05, 4.69) is 9.97 Å². The van der Waals surface area contributed by atoms with E-state index in [1.54, 1.807) is 13.4 Å². The molecule has 132 valence electrons. The Morgan fingerprint density at radius 3 is 2.80 bits per heavy atom. The number of aryl methyl sites for hydroxylation is 1. The minimum Gasteiger partial charge on any atom is -0.497 e. The maximum Gasteiger partial charge on any atom is 0.326 e. The number of carbonyl (C=O) groups is 2. The molecule has 0 unspecified atom stereocenters. The van der Waals surface area contributed by atoms with Crippen LogP contribution >= 0.6 is 0 Å². The number of aliphatic carboxylic acids is 1. The molecule has 0 saturated carbocycles. The predicted molar refractivity (Wildman–Crippen MR) is 90.2 cm³/mol. The van der Waals surface area contributed by atoms with Crippen LogP contribution in [-0.2, 0) is 29.0 Å².